The average Bonchev–Trinajstić information content (AvgIpc) is 2.81. The molecule has 0 aromatic heterocycles. The molecule has 33 heavy (non-hydrogen) atoms. The van der Waals surface area contributed by atoms with Gasteiger partial charge in [0.2, 0.25) is 21.8 Å². The van der Waals surface area contributed by atoms with E-state index in [-0.39, 0.29) is 25.0 Å². The Labute approximate surface area is 196 Å². The summed E-state index contributed by atoms with van der Waals surface area (Å²) in [6.45, 7) is 1.54. The lowest BCUT2D eigenvalue weighted by molar-refractivity contribution is -0.139. The van der Waals surface area contributed by atoms with Crippen molar-refractivity contribution in [3.63, 3.8) is 0 Å². The van der Waals surface area contributed by atoms with Crippen molar-refractivity contribution in [2.45, 2.75) is 57.7 Å². The van der Waals surface area contributed by atoms with Gasteiger partial charge in [0, 0.05) is 12.6 Å². The Kier molecular flexibility index (Phi) is 8.49. The zero-order chi connectivity index (χ0) is 23.8. The molecule has 1 atom stereocenters. The first-order valence-corrected chi connectivity index (χ1v) is 13.3. The van der Waals surface area contributed by atoms with E-state index in [1.54, 1.807) is 37.3 Å². The van der Waals surface area contributed by atoms with E-state index in [0.29, 0.717) is 5.69 Å². The lowest BCUT2D eigenvalue weighted by atomic mass is 9.95. The van der Waals surface area contributed by atoms with Crippen LogP contribution in [-0.4, -0.2) is 50.0 Å². The van der Waals surface area contributed by atoms with Crippen molar-refractivity contribution in [2.24, 2.45) is 0 Å². The molecule has 178 valence electrons. The maximum Gasteiger partial charge on any atom is 0.244 e. The molecule has 3 rings (SSSR count). The summed E-state index contributed by atoms with van der Waals surface area (Å²) in [5.74, 6) is -0.642. The molecule has 1 aliphatic carbocycles. The molecule has 0 saturated heterocycles. The van der Waals surface area contributed by atoms with Gasteiger partial charge in [-0.3, -0.25) is 13.9 Å². The van der Waals surface area contributed by atoms with Gasteiger partial charge in [0.25, 0.3) is 0 Å². The van der Waals surface area contributed by atoms with E-state index in [1.165, 1.54) is 11.3 Å². The number of hydrogen-bond donors (Lipinski definition) is 1. The summed E-state index contributed by atoms with van der Waals surface area (Å²) >= 11 is 0. The number of amides is 2. The highest BCUT2D eigenvalue weighted by atomic mass is 32.2. The second-order valence-electron chi connectivity index (χ2n) is 8.63. The number of para-hydroxylation sites is 1. The highest BCUT2D eigenvalue weighted by molar-refractivity contribution is 7.92. The van der Waals surface area contributed by atoms with Crippen LogP contribution in [0.5, 0.6) is 0 Å². The third-order valence-corrected chi connectivity index (χ3v) is 7.18. The maximum absolute atomic E-state index is 13.5. The summed E-state index contributed by atoms with van der Waals surface area (Å²) in [6, 6.07) is 17.3. The SMILES string of the molecule is C[C@H](C(=O)NC1CCCCC1)N(Cc1ccccc1)C(=O)CN(c1ccccc1)S(C)(=O)=O. The number of rotatable bonds is 9. The van der Waals surface area contributed by atoms with Gasteiger partial charge in [-0.05, 0) is 37.5 Å². The molecule has 0 bridgehead atoms. The van der Waals surface area contributed by atoms with E-state index in [0.717, 1.165) is 41.8 Å². The van der Waals surface area contributed by atoms with E-state index in [4.69, 9.17) is 0 Å². The smallest absolute Gasteiger partial charge is 0.244 e. The molecule has 2 aromatic carbocycles. The summed E-state index contributed by atoms with van der Waals surface area (Å²) in [4.78, 5) is 28.0. The highest BCUT2D eigenvalue weighted by Gasteiger charge is 2.31. The molecule has 7 nitrogen and oxygen atoms in total. The van der Waals surface area contributed by atoms with E-state index in [1.807, 2.05) is 30.3 Å². The molecular formula is C25H33N3O4S. The van der Waals surface area contributed by atoms with Crippen molar-refractivity contribution in [3.8, 4) is 0 Å². The van der Waals surface area contributed by atoms with Crippen LogP contribution in [-0.2, 0) is 26.2 Å². The first-order valence-electron chi connectivity index (χ1n) is 11.4. The molecule has 0 aliphatic heterocycles. The van der Waals surface area contributed by atoms with Crippen molar-refractivity contribution in [2.75, 3.05) is 17.1 Å². The van der Waals surface area contributed by atoms with Gasteiger partial charge in [-0.15, -0.1) is 0 Å². The van der Waals surface area contributed by atoms with Crippen LogP contribution in [0.2, 0.25) is 0 Å². The number of benzene rings is 2. The minimum absolute atomic E-state index is 0.124. The van der Waals surface area contributed by atoms with Gasteiger partial charge >= 0.3 is 0 Å². The van der Waals surface area contributed by atoms with Crippen molar-refractivity contribution < 1.29 is 18.0 Å². The Hall–Kier alpha value is -2.87. The lowest BCUT2D eigenvalue weighted by Crippen LogP contribution is -2.52. The molecule has 2 amide bonds. The highest BCUT2D eigenvalue weighted by Crippen LogP contribution is 2.20. The molecule has 1 aliphatic rings. The Morgan fingerprint density at radius 3 is 2.12 bits per heavy atom. The van der Waals surface area contributed by atoms with Crippen LogP contribution in [0.15, 0.2) is 60.7 Å². The molecule has 8 heteroatoms. The van der Waals surface area contributed by atoms with E-state index < -0.39 is 22.0 Å². The molecule has 0 heterocycles. The summed E-state index contributed by atoms with van der Waals surface area (Å²) in [5.41, 5.74) is 1.28. The monoisotopic (exact) mass is 471 g/mol. The molecule has 1 fully saturated rings. The van der Waals surface area contributed by atoms with Crippen molar-refractivity contribution in [1.82, 2.24) is 10.2 Å². The number of nitrogens with zero attached hydrogens (tertiary/aromatic N) is 2. The third-order valence-electron chi connectivity index (χ3n) is 6.04. The van der Waals surface area contributed by atoms with Crippen molar-refractivity contribution >= 4 is 27.5 Å². The maximum atomic E-state index is 13.5. The van der Waals surface area contributed by atoms with Gasteiger partial charge in [0.15, 0.2) is 0 Å². The average molecular weight is 472 g/mol. The van der Waals surface area contributed by atoms with Gasteiger partial charge in [0.05, 0.1) is 11.9 Å². The molecule has 1 saturated carbocycles. The first kappa shape index (κ1) is 24.8. The fourth-order valence-electron chi connectivity index (χ4n) is 4.14. The topological polar surface area (TPSA) is 86.8 Å². The zero-order valence-electron chi connectivity index (χ0n) is 19.3. The lowest BCUT2D eigenvalue weighted by Gasteiger charge is -2.33. The van der Waals surface area contributed by atoms with Crippen molar-refractivity contribution in [1.29, 1.82) is 0 Å². The zero-order valence-corrected chi connectivity index (χ0v) is 20.1. The molecule has 1 N–H and O–H groups in total. The predicted octanol–water partition coefficient (Wildman–Crippen LogP) is 3.32. The molecule has 0 spiro atoms. The van der Waals surface area contributed by atoms with E-state index >= 15 is 0 Å². The minimum Gasteiger partial charge on any atom is -0.352 e. The molecule has 2 aromatic rings. The number of carbonyl (C=O) groups excluding carboxylic acids is 2. The third kappa shape index (κ3) is 7.05. The van der Waals surface area contributed by atoms with Crippen LogP contribution >= 0.6 is 0 Å². The fourth-order valence-corrected chi connectivity index (χ4v) is 4.99. The second-order valence-corrected chi connectivity index (χ2v) is 10.5. The Balaban J connectivity index is 1.82. The van der Waals surface area contributed by atoms with Gasteiger partial charge < -0.3 is 10.2 Å². The van der Waals surface area contributed by atoms with Crippen LogP contribution in [0.25, 0.3) is 0 Å². The largest absolute Gasteiger partial charge is 0.352 e. The summed E-state index contributed by atoms with van der Waals surface area (Å²) in [6.07, 6.45) is 6.33. The number of nitrogens with one attached hydrogen (secondary N) is 1. The van der Waals surface area contributed by atoms with Gasteiger partial charge in [0.1, 0.15) is 12.6 Å². The first-order chi connectivity index (χ1) is 15.8. The molecule has 0 radical (unpaired) electrons. The standard InChI is InChI=1S/C25H33N3O4S/c1-20(25(30)26-22-14-8-4-9-15-22)27(18-21-12-6-3-7-13-21)24(29)19-28(33(2,31)32)23-16-10-5-11-17-23/h3,5-7,10-13,16-17,20,22H,4,8-9,14-15,18-19H2,1-2H3,(H,26,30)/t20-/m1/s1. The number of anilines is 1. The summed E-state index contributed by atoms with van der Waals surface area (Å²) in [5, 5.41) is 3.09. The fraction of sp³-hybridized carbons (Fsp3) is 0.440. The second kappa shape index (κ2) is 11.3. The Morgan fingerprint density at radius 2 is 1.55 bits per heavy atom. The van der Waals surface area contributed by atoms with Crippen LogP contribution in [0, 0.1) is 0 Å². The minimum atomic E-state index is -3.70. The van der Waals surface area contributed by atoms with Crippen LogP contribution in [0.1, 0.15) is 44.6 Å². The quantitative estimate of drug-likeness (QED) is 0.608. The van der Waals surface area contributed by atoms with E-state index in [2.05, 4.69) is 5.32 Å². The molecular weight excluding hydrogens is 438 g/mol. The Bertz CT molecular complexity index is 1020. The number of carbonyl (C=O) groups is 2. The Morgan fingerprint density at radius 1 is 0.970 bits per heavy atom. The van der Waals surface area contributed by atoms with Crippen molar-refractivity contribution in [3.05, 3.63) is 66.2 Å². The summed E-state index contributed by atoms with van der Waals surface area (Å²) < 4.78 is 26.1. The summed E-state index contributed by atoms with van der Waals surface area (Å²) in [7, 11) is -3.70. The van der Waals surface area contributed by atoms with Crippen LogP contribution < -0.4 is 9.62 Å². The number of hydrogen-bond acceptors (Lipinski definition) is 4. The van der Waals surface area contributed by atoms with Gasteiger partial charge in [-0.1, -0.05) is 67.8 Å². The molecule has 0 unspecified atom stereocenters. The number of sulfonamides is 1. The normalized spacial score (nSPS) is 15.5. The van der Waals surface area contributed by atoms with Crippen LogP contribution in [0.3, 0.4) is 0 Å². The van der Waals surface area contributed by atoms with Crippen LogP contribution in [0.4, 0.5) is 5.69 Å². The van der Waals surface area contributed by atoms with E-state index in [9.17, 15) is 18.0 Å². The van der Waals surface area contributed by atoms with Gasteiger partial charge in [-0.25, -0.2) is 8.42 Å². The van der Waals surface area contributed by atoms with Gasteiger partial charge in [-0.2, -0.15) is 0 Å². The predicted molar refractivity (Wildman–Crippen MR) is 130 cm³/mol.